The standard InChI is InChI=1S/C13H11IN2O2/c1-8-11(13(15)18)6-7-12(17)16(8)10-4-2-9(14)3-5-10/h2-7H,1H3,(H2,15,18). The SMILES string of the molecule is Cc1c(C(N)=O)ccc(=O)n1-c1ccc(I)cc1. The number of benzene rings is 1. The van der Waals surface area contributed by atoms with Crippen molar-refractivity contribution in [1.82, 2.24) is 4.57 Å². The van der Waals surface area contributed by atoms with Crippen LogP contribution in [0, 0.1) is 10.5 Å². The second-order valence-electron chi connectivity index (χ2n) is 3.85. The van der Waals surface area contributed by atoms with Crippen LogP contribution in [-0.2, 0) is 0 Å². The number of carbonyl (C=O) groups is 1. The number of primary amides is 1. The Labute approximate surface area is 118 Å². The van der Waals surface area contributed by atoms with Crippen LogP contribution in [0.3, 0.4) is 0 Å². The van der Waals surface area contributed by atoms with Gasteiger partial charge in [-0.1, -0.05) is 0 Å². The molecule has 5 heteroatoms. The van der Waals surface area contributed by atoms with Crippen LogP contribution in [-0.4, -0.2) is 10.5 Å². The third kappa shape index (κ3) is 2.31. The van der Waals surface area contributed by atoms with E-state index in [1.165, 1.54) is 16.7 Å². The van der Waals surface area contributed by atoms with Gasteiger partial charge in [0.1, 0.15) is 0 Å². The minimum Gasteiger partial charge on any atom is -0.366 e. The third-order valence-electron chi connectivity index (χ3n) is 2.69. The van der Waals surface area contributed by atoms with Gasteiger partial charge in [-0.3, -0.25) is 14.2 Å². The zero-order chi connectivity index (χ0) is 13.3. The van der Waals surface area contributed by atoms with E-state index in [-0.39, 0.29) is 5.56 Å². The van der Waals surface area contributed by atoms with Crippen LogP contribution in [0.1, 0.15) is 16.1 Å². The molecule has 0 radical (unpaired) electrons. The Morgan fingerprint density at radius 3 is 2.33 bits per heavy atom. The highest BCUT2D eigenvalue weighted by Crippen LogP contribution is 2.13. The average molecular weight is 354 g/mol. The lowest BCUT2D eigenvalue weighted by molar-refractivity contribution is 0.0999. The molecule has 1 amide bonds. The van der Waals surface area contributed by atoms with Gasteiger partial charge in [0.2, 0.25) is 5.91 Å². The van der Waals surface area contributed by atoms with E-state index in [0.29, 0.717) is 11.3 Å². The molecule has 2 rings (SSSR count). The molecule has 0 aliphatic carbocycles. The largest absolute Gasteiger partial charge is 0.366 e. The molecule has 0 atom stereocenters. The van der Waals surface area contributed by atoms with E-state index in [0.717, 1.165) is 9.26 Å². The number of aromatic nitrogens is 1. The van der Waals surface area contributed by atoms with Crippen molar-refractivity contribution in [1.29, 1.82) is 0 Å². The van der Waals surface area contributed by atoms with Gasteiger partial charge in [-0.2, -0.15) is 0 Å². The Bertz CT molecular complexity index is 660. The van der Waals surface area contributed by atoms with Crippen molar-refractivity contribution in [3.63, 3.8) is 0 Å². The lowest BCUT2D eigenvalue weighted by Gasteiger charge is -2.12. The molecule has 0 aliphatic heterocycles. The molecular formula is C13H11IN2O2. The molecule has 0 bridgehead atoms. The van der Waals surface area contributed by atoms with Crippen LogP contribution < -0.4 is 11.3 Å². The van der Waals surface area contributed by atoms with Crippen LogP contribution >= 0.6 is 22.6 Å². The predicted octanol–water partition coefficient (Wildman–Crippen LogP) is 1.85. The maximum atomic E-state index is 11.9. The second kappa shape index (κ2) is 4.93. The fourth-order valence-corrected chi connectivity index (χ4v) is 2.17. The average Bonchev–Trinajstić information content (AvgIpc) is 2.31. The molecule has 0 aliphatic rings. The summed E-state index contributed by atoms with van der Waals surface area (Å²) in [4.78, 5) is 23.2. The quantitative estimate of drug-likeness (QED) is 0.837. The predicted molar refractivity (Wildman–Crippen MR) is 78.0 cm³/mol. The smallest absolute Gasteiger partial charge is 0.255 e. The van der Waals surface area contributed by atoms with Gasteiger partial charge in [0, 0.05) is 21.0 Å². The van der Waals surface area contributed by atoms with Crippen molar-refractivity contribution in [2.24, 2.45) is 5.73 Å². The Morgan fingerprint density at radius 2 is 1.78 bits per heavy atom. The van der Waals surface area contributed by atoms with Crippen LogP contribution in [0.5, 0.6) is 0 Å². The first-order chi connectivity index (χ1) is 8.50. The molecule has 18 heavy (non-hydrogen) atoms. The van der Waals surface area contributed by atoms with E-state index < -0.39 is 5.91 Å². The van der Waals surface area contributed by atoms with Crippen molar-refractivity contribution in [3.8, 4) is 5.69 Å². The summed E-state index contributed by atoms with van der Waals surface area (Å²) in [6.07, 6.45) is 0. The lowest BCUT2D eigenvalue weighted by atomic mass is 10.1. The number of hydrogen-bond acceptors (Lipinski definition) is 2. The Morgan fingerprint density at radius 1 is 1.17 bits per heavy atom. The molecule has 1 aromatic carbocycles. The van der Waals surface area contributed by atoms with Gasteiger partial charge in [-0.15, -0.1) is 0 Å². The molecule has 0 unspecified atom stereocenters. The first-order valence-corrected chi connectivity index (χ1v) is 6.37. The Kier molecular flexibility index (Phi) is 3.51. The number of amides is 1. The van der Waals surface area contributed by atoms with Gasteiger partial charge in [-0.25, -0.2) is 0 Å². The van der Waals surface area contributed by atoms with E-state index in [9.17, 15) is 9.59 Å². The zero-order valence-electron chi connectivity index (χ0n) is 9.68. The van der Waals surface area contributed by atoms with Crippen LogP contribution in [0.2, 0.25) is 0 Å². The Hall–Kier alpha value is -1.63. The lowest BCUT2D eigenvalue weighted by Crippen LogP contribution is -2.24. The number of carbonyl (C=O) groups excluding carboxylic acids is 1. The molecular weight excluding hydrogens is 343 g/mol. The van der Waals surface area contributed by atoms with Crippen LogP contribution in [0.4, 0.5) is 0 Å². The van der Waals surface area contributed by atoms with Crippen molar-refractivity contribution < 1.29 is 4.79 Å². The molecule has 0 spiro atoms. The number of hydrogen-bond donors (Lipinski definition) is 1. The van der Waals surface area contributed by atoms with Gasteiger partial charge in [0.15, 0.2) is 0 Å². The monoisotopic (exact) mass is 354 g/mol. The molecule has 2 aromatic rings. The summed E-state index contributed by atoms with van der Waals surface area (Å²) < 4.78 is 2.56. The maximum Gasteiger partial charge on any atom is 0.255 e. The summed E-state index contributed by atoms with van der Waals surface area (Å²) in [5, 5.41) is 0. The normalized spacial score (nSPS) is 10.3. The van der Waals surface area contributed by atoms with E-state index in [2.05, 4.69) is 22.6 Å². The maximum absolute atomic E-state index is 11.9. The minimum absolute atomic E-state index is 0.182. The highest BCUT2D eigenvalue weighted by atomic mass is 127. The van der Waals surface area contributed by atoms with Gasteiger partial charge < -0.3 is 5.73 Å². The van der Waals surface area contributed by atoms with E-state index in [4.69, 9.17) is 5.73 Å². The summed E-state index contributed by atoms with van der Waals surface area (Å²) in [5.41, 5.74) is 6.73. The fourth-order valence-electron chi connectivity index (χ4n) is 1.81. The van der Waals surface area contributed by atoms with Crippen LogP contribution in [0.25, 0.3) is 5.69 Å². The minimum atomic E-state index is -0.535. The summed E-state index contributed by atoms with van der Waals surface area (Å²) in [7, 11) is 0. The molecule has 0 saturated carbocycles. The van der Waals surface area contributed by atoms with Crippen molar-refractivity contribution in [3.05, 3.63) is 61.6 Å². The van der Waals surface area contributed by atoms with Crippen molar-refractivity contribution in [2.75, 3.05) is 0 Å². The summed E-state index contributed by atoms with van der Waals surface area (Å²) in [5.74, 6) is -0.535. The second-order valence-corrected chi connectivity index (χ2v) is 5.09. The molecule has 0 fully saturated rings. The number of pyridine rings is 1. The topological polar surface area (TPSA) is 65.1 Å². The van der Waals surface area contributed by atoms with E-state index in [1.54, 1.807) is 6.92 Å². The molecule has 1 heterocycles. The van der Waals surface area contributed by atoms with Crippen molar-refractivity contribution >= 4 is 28.5 Å². The fraction of sp³-hybridized carbons (Fsp3) is 0.0769. The summed E-state index contributed by atoms with van der Waals surface area (Å²) >= 11 is 2.19. The zero-order valence-corrected chi connectivity index (χ0v) is 11.8. The van der Waals surface area contributed by atoms with E-state index >= 15 is 0 Å². The van der Waals surface area contributed by atoms with Gasteiger partial charge in [0.05, 0.1) is 5.56 Å². The molecule has 1 aromatic heterocycles. The van der Waals surface area contributed by atoms with E-state index in [1.807, 2.05) is 24.3 Å². The molecule has 4 nitrogen and oxygen atoms in total. The molecule has 92 valence electrons. The number of halogens is 1. The first kappa shape index (κ1) is 12.8. The summed E-state index contributed by atoms with van der Waals surface area (Å²) in [6, 6.07) is 10.3. The van der Waals surface area contributed by atoms with Gasteiger partial charge in [0.25, 0.3) is 5.56 Å². The Balaban J connectivity index is 2.70. The van der Waals surface area contributed by atoms with Gasteiger partial charge >= 0.3 is 0 Å². The highest BCUT2D eigenvalue weighted by molar-refractivity contribution is 14.1. The molecule has 0 saturated heterocycles. The highest BCUT2D eigenvalue weighted by Gasteiger charge is 2.11. The number of nitrogens with zero attached hydrogens (tertiary/aromatic N) is 1. The molecule has 2 N–H and O–H groups in total. The third-order valence-corrected chi connectivity index (χ3v) is 3.41. The first-order valence-electron chi connectivity index (χ1n) is 5.29. The number of rotatable bonds is 2. The van der Waals surface area contributed by atoms with Gasteiger partial charge in [-0.05, 0) is 59.8 Å². The summed E-state index contributed by atoms with van der Waals surface area (Å²) in [6.45, 7) is 1.71. The number of nitrogens with two attached hydrogens (primary N) is 1. The van der Waals surface area contributed by atoms with Crippen LogP contribution in [0.15, 0.2) is 41.2 Å². The van der Waals surface area contributed by atoms with Crippen molar-refractivity contribution in [2.45, 2.75) is 6.92 Å².